The number of anilines is 1. The third kappa shape index (κ3) is 5.57. The molecule has 0 bridgehead atoms. The highest BCUT2D eigenvalue weighted by molar-refractivity contribution is 5.96. The summed E-state index contributed by atoms with van der Waals surface area (Å²) in [5, 5.41) is 17.4. The molecular formula is C21H18F3N5O. The lowest BCUT2D eigenvalue weighted by Gasteiger charge is -2.11. The smallest absolute Gasteiger partial charge is 0.416 e. The number of hydrogen-bond acceptors (Lipinski definition) is 4. The van der Waals surface area contributed by atoms with Gasteiger partial charge in [-0.1, -0.05) is 23.4 Å². The van der Waals surface area contributed by atoms with Gasteiger partial charge in [0.05, 0.1) is 5.56 Å². The Kier molecular flexibility index (Phi) is 6.31. The Morgan fingerprint density at radius 3 is 2.30 bits per heavy atom. The summed E-state index contributed by atoms with van der Waals surface area (Å²) in [7, 11) is 0. The Morgan fingerprint density at radius 1 is 0.967 bits per heavy atom. The molecule has 6 nitrogen and oxygen atoms in total. The molecule has 0 saturated heterocycles. The van der Waals surface area contributed by atoms with Gasteiger partial charge in [0.15, 0.2) is 5.84 Å². The Bertz CT molecular complexity index is 1050. The van der Waals surface area contributed by atoms with E-state index in [9.17, 15) is 13.2 Å². The molecule has 0 aliphatic heterocycles. The van der Waals surface area contributed by atoms with E-state index in [-0.39, 0.29) is 11.6 Å². The molecule has 0 unspecified atom stereocenters. The molecule has 0 amide bonds. The normalized spacial score (nSPS) is 11.4. The minimum Gasteiger partial charge on any atom is -0.457 e. The van der Waals surface area contributed by atoms with Crippen molar-refractivity contribution in [3.63, 3.8) is 0 Å². The molecule has 30 heavy (non-hydrogen) atoms. The summed E-state index contributed by atoms with van der Waals surface area (Å²) in [4.78, 5) is 0. The summed E-state index contributed by atoms with van der Waals surface area (Å²) in [5.41, 5.74) is 1.52. The van der Waals surface area contributed by atoms with Crippen LogP contribution in [0.2, 0.25) is 0 Å². The predicted molar refractivity (Wildman–Crippen MR) is 108 cm³/mol. The fourth-order valence-corrected chi connectivity index (χ4v) is 2.66. The van der Waals surface area contributed by atoms with Crippen molar-refractivity contribution in [3.8, 4) is 11.5 Å². The van der Waals surface area contributed by atoms with Gasteiger partial charge >= 0.3 is 6.18 Å². The molecule has 3 aromatic rings. The van der Waals surface area contributed by atoms with Crippen molar-refractivity contribution in [2.24, 2.45) is 16.2 Å². The van der Waals surface area contributed by atoms with E-state index in [1.165, 1.54) is 12.1 Å². The second-order valence-corrected chi connectivity index (χ2v) is 6.27. The molecule has 9 heteroatoms. The maximum absolute atomic E-state index is 12.8. The predicted octanol–water partition coefficient (Wildman–Crippen LogP) is 5.76. The number of nitrogens with zero attached hydrogens (tertiary/aromatic N) is 2. The van der Waals surface area contributed by atoms with Crippen molar-refractivity contribution in [2.75, 3.05) is 5.32 Å². The van der Waals surface area contributed by atoms with Crippen LogP contribution in [-0.4, -0.2) is 5.84 Å². The number of ether oxygens (including phenoxy) is 1. The molecule has 4 N–H and O–H groups in total. The fourth-order valence-electron chi connectivity index (χ4n) is 2.66. The standard InChI is InChI=1S/C21H18F3N5O/c22-21(23,24)16-4-2-6-19(12-16)30-18-5-1-3-14(11-18)13-27-17-9-7-15(8-10-17)20(25)28-29-26/h1-12,27H,13H2,(H3,25,26,28). The maximum Gasteiger partial charge on any atom is 0.416 e. The molecule has 0 atom stereocenters. The topological polar surface area (TPSA) is 95.9 Å². The summed E-state index contributed by atoms with van der Waals surface area (Å²) in [5.74, 6) is 5.45. The first-order valence-corrected chi connectivity index (χ1v) is 8.83. The van der Waals surface area contributed by atoms with Gasteiger partial charge in [0.2, 0.25) is 0 Å². The first kappa shape index (κ1) is 20.8. The number of alkyl halides is 3. The number of benzene rings is 3. The van der Waals surface area contributed by atoms with E-state index >= 15 is 0 Å². The van der Waals surface area contributed by atoms with E-state index in [1.54, 1.807) is 42.5 Å². The molecule has 0 spiro atoms. The molecule has 0 radical (unpaired) electrons. The van der Waals surface area contributed by atoms with Gasteiger partial charge < -0.3 is 15.9 Å². The molecule has 3 rings (SSSR count). The van der Waals surface area contributed by atoms with Crippen LogP contribution in [-0.2, 0) is 12.7 Å². The maximum atomic E-state index is 12.8. The van der Waals surface area contributed by atoms with Gasteiger partial charge in [0, 0.05) is 17.8 Å². The highest BCUT2D eigenvalue weighted by Gasteiger charge is 2.30. The molecule has 0 saturated carbocycles. The molecule has 0 aromatic heterocycles. The van der Waals surface area contributed by atoms with E-state index < -0.39 is 11.7 Å². The number of halogens is 3. The van der Waals surface area contributed by atoms with E-state index in [1.807, 2.05) is 6.07 Å². The minimum atomic E-state index is -4.42. The average Bonchev–Trinajstić information content (AvgIpc) is 2.73. The summed E-state index contributed by atoms with van der Waals surface area (Å²) >= 11 is 0. The summed E-state index contributed by atoms with van der Waals surface area (Å²) in [6, 6.07) is 18.8. The van der Waals surface area contributed by atoms with Crippen LogP contribution in [0.4, 0.5) is 18.9 Å². The van der Waals surface area contributed by atoms with Crippen LogP contribution in [0.15, 0.2) is 83.1 Å². The van der Waals surface area contributed by atoms with Gasteiger partial charge in [-0.3, -0.25) is 5.41 Å². The van der Waals surface area contributed by atoms with Gasteiger partial charge in [0.25, 0.3) is 0 Å². The van der Waals surface area contributed by atoms with Crippen LogP contribution in [0.5, 0.6) is 11.5 Å². The lowest BCUT2D eigenvalue weighted by molar-refractivity contribution is -0.137. The van der Waals surface area contributed by atoms with Crippen molar-refractivity contribution in [2.45, 2.75) is 12.7 Å². The molecule has 3 aromatic carbocycles. The third-order valence-corrected chi connectivity index (χ3v) is 4.11. The second-order valence-electron chi connectivity index (χ2n) is 6.27. The fraction of sp³-hybridized carbons (Fsp3) is 0.0952. The first-order chi connectivity index (χ1) is 14.3. The largest absolute Gasteiger partial charge is 0.457 e. The SMILES string of the molecule is N=C(N=NN)c1ccc(NCc2cccc(Oc3cccc(C(F)(F)F)c3)c2)cc1. The van der Waals surface area contributed by atoms with Crippen LogP contribution in [0.1, 0.15) is 16.7 Å². The first-order valence-electron chi connectivity index (χ1n) is 8.83. The molecule has 0 heterocycles. The molecule has 154 valence electrons. The van der Waals surface area contributed by atoms with E-state index in [0.29, 0.717) is 17.9 Å². The zero-order chi connectivity index (χ0) is 21.6. The van der Waals surface area contributed by atoms with E-state index in [2.05, 4.69) is 15.7 Å². The highest BCUT2D eigenvalue weighted by Crippen LogP contribution is 2.32. The van der Waals surface area contributed by atoms with Crippen LogP contribution < -0.4 is 15.9 Å². The van der Waals surface area contributed by atoms with Gasteiger partial charge in [-0.2, -0.15) is 13.2 Å². The molecule has 0 aliphatic rings. The number of rotatable bonds is 6. The zero-order valence-electron chi connectivity index (χ0n) is 15.6. The van der Waals surface area contributed by atoms with Crippen LogP contribution in [0, 0.1) is 5.41 Å². The van der Waals surface area contributed by atoms with Crippen molar-refractivity contribution < 1.29 is 17.9 Å². The van der Waals surface area contributed by atoms with Crippen LogP contribution in [0.25, 0.3) is 0 Å². The second kappa shape index (κ2) is 9.08. The molecular weight excluding hydrogens is 395 g/mol. The number of nitrogens with one attached hydrogen (secondary N) is 2. The third-order valence-electron chi connectivity index (χ3n) is 4.11. The molecule has 0 aliphatic carbocycles. The lowest BCUT2D eigenvalue weighted by atomic mass is 10.1. The monoisotopic (exact) mass is 413 g/mol. The van der Waals surface area contributed by atoms with Gasteiger partial charge in [-0.05, 0) is 60.2 Å². The number of hydrogen-bond donors (Lipinski definition) is 3. The van der Waals surface area contributed by atoms with Crippen LogP contribution in [0.3, 0.4) is 0 Å². The quantitative estimate of drug-likeness (QED) is 0.158. The highest BCUT2D eigenvalue weighted by atomic mass is 19.4. The Balaban J connectivity index is 1.64. The Hall–Kier alpha value is -3.88. The van der Waals surface area contributed by atoms with Gasteiger partial charge in [-0.15, -0.1) is 5.11 Å². The van der Waals surface area contributed by atoms with Crippen molar-refractivity contribution >= 4 is 11.5 Å². The van der Waals surface area contributed by atoms with Crippen molar-refractivity contribution in [1.29, 1.82) is 5.41 Å². The summed E-state index contributed by atoms with van der Waals surface area (Å²) in [6.07, 6.45) is -4.42. The van der Waals surface area contributed by atoms with Gasteiger partial charge in [0.1, 0.15) is 11.5 Å². The van der Waals surface area contributed by atoms with Crippen molar-refractivity contribution in [3.05, 3.63) is 89.5 Å². The van der Waals surface area contributed by atoms with E-state index in [0.717, 1.165) is 23.4 Å². The lowest BCUT2D eigenvalue weighted by Crippen LogP contribution is -2.04. The van der Waals surface area contributed by atoms with Crippen LogP contribution >= 0.6 is 0 Å². The zero-order valence-corrected chi connectivity index (χ0v) is 15.6. The number of amidine groups is 1. The van der Waals surface area contributed by atoms with E-state index in [4.69, 9.17) is 16.0 Å². The molecule has 0 fully saturated rings. The summed E-state index contributed by atoms with van der Waals surface area (Å²) in [6.45, 7) is 0.471. The average molecular weight is 413 g/mol. The number of nitrogens with two attached hydrogens (primary N) is 1. The minimum absolute atomic E-state index is 0.0384. The Morgan fingerprint density at radius 2 is 1.63 bits per heavy atom. The summed E-state index contributed by atoms with van der Waals surface area (Å²) < 4.78 is 44.1. The Labute approximate surface area is 170 Å². The van der Waals surface area contributed by atoms with Crippen molar-refractivity contribution in [1.82, 2.24) is 0 Å². The van der Waals surface area contributed by atoms with Gasteiger partial charge in [-0.25, -0.2) is 0 Å².